The summed E-state index contributed by atoms with van der Waals surface area (Å²) < 4.78 is 12.8. The first-order chi connectivity index (χ1) is 11.2. The molecule has 0 heterocycles. The lowest BCUT2D eigenvalue weighted by molar-refractivity contribution is -0.121. The molecule has 120 valence electrons. The second-order valence-corrected chi connectivity index (χ2v) is 6.93. The summed E-state index contributed by atoms with van der Waals surface area (Å²) >= 11 is 1.58. The van der Waals surface area contributed by atoms with Gasteiger partial charge >= 0.3 is 0 Å². The molecule has 0 radical (unpaired) electrons. The number of hydrogen-bond donors (Lipinski definition) is 1. The van der Waals surface area contributed by atoms with Crippen molar-refractivity contribution in [1.29, 1.82) is 0 Å². The topological polar surface area (TPSA) is 29.1 Å². The predicted octanol–water partition coefficient (Wildman–Crippen LogP) is 4.50. The Kier molecular flexibility index (Phi) is 5.34. The van der Waals surface area contributed by atoms with Gasteiger partial charge in [-0.1, -0.05) is 24.3 Å². The van der Waals surface area contributed by atoms with Crippen molar-refractivity contribution >= 4 is 17.7 Å². The summed E-state index contributed by atoms with van der Waals surface area (Å²) in [6.07, 6.45) is 3.70. The Morgan fingerprint density at radius 1 is 1.17 bits per heavy atom. The molecule has 2 aromatic carbocycles. The minimum atomic E-state index is -0.233. The van der Waals surface area contributed by atoms with Crippen molar-refractivity contribution in [3.8, 4) is 0 Å². The summed E-state index contributed by atoms with van der Waals surface area (Å²) in [4.78, 5) is 13.2. The van der Waals surface area contributed by atoms with Gasteiger partial charge in [-0.3, -0.25) is 4.79 Å². The highest BCUT2D eigenvalue weighted by molar-refractivity contribution is 7.99. The summed E-state index contributed by atoms with van der Waals surface area (Å²) in [5, 5.41) is 3.16. The lowest BCUT2D eigenvalue weighted by Crippen LogP contribution is -2.31. The molecule has 0 aliphatic heterocycles. The van der Waals surface area contributed by atoms with Crippen LogP contribution in [0.2, 0.25) is 0 Å². The normalized spacial score (nSPS) is 16.7. The van der Waals surface area contributed by atoms with Crippen molar-refractivity contribution in [2.45, 2.75) is 36.6 Å². The fourth-order valence-corrected chi connectivity index (χ4v) is 3.81. The van der Waals surface area contributed by atoms with Crippen LogP contribution in [0.5, 0.6) is 0 Å². The van der Waals surface area contributed by atoms with E-state index < -0.39 is 0 Å². The Bertz CT molecular complexity index is 671. The monoisotopic (exact) mass is 329 g/mol. The van der Waals surface area contributed by atoms with Crippen LogP contribution in [0.3, 0.4) is 0 Å². The molecular formula is C19H20FNOS. The van der Waals surface area contributed by atoms with Crippen molar-refractivity contribution in [3.63, 3.8) is 0 Å². The number of fused-ring (bicyclic) bond motifs is 1. The van der Waals surface area contributed by atoms with E-state index in [0.717, 1.165) is 24.2 Å². The predicted molar refractivity (Wildman–Crippen MR) is 92.0 cm³/mol. The second-order valence-electron chi connectivity index (χ2n) is 5.76. The van der Waals surface area contributed by atoms with E-state index in [1.54, 1.807) is 23.9 Å². The van der Waals surface area contributed by atoms with Crippen LogP contribution in [0.1, 0.15) is 36.4 Å². The molecule has 4 heteroatoms. The Labute approximate surface area is 140 Å². The lowest BCUT2D eigenvalue weighted by Gasteiger charge is -2.26. The smallest absolute Gasteiger partial charge is 0.221 e. The van der Waals surface area contributed by atoms with Crippen molar-refractivity contribution in [3.05, 3.63) is 65.5 Å². The van der Waals surface area contributed by atoms with Gasteiger partial charge in [0.1, 0.15) is 5.82 Å². The Hall–Kier alpha value is -1.81. The van der Waals surface area contributed by atoms with Crippen molar-refractivity contribution in [1.82, 2.24) is 5.32 Å². The first kappa shape index (κ1) is 16.1. The summed E-state index contributed by atoms with van der Waals surface area (Å²) in [5.41, 5.74) is 2.61. The zero-order valence-corrected chi connectivity index (χ0v) is 13.7. The maximum Gasteiger partial charge on any atom is 0.221 e. The van der Waals surface area contributed by atoms with Gasteiger partial charge in [0.25, 0.3) is 0 Å². The molecule has 2 nitrogen and oxygen atoms in total. The number of amides is 1. The zero-order chi connectivity index (χ0) is 16.1. The van der Waals surface area contributed by atoms with Gasteiger partial charge in [0, 0.05) is 17.1 Å². The van der Waals surface area contributed by atoms with E-state index in [4.69, 9.17) is 0 Å². The molecular weight excluding hydrogens is 309 g/mol. The lowest BCUT2D eigenvalue weighted by atomic mass is 9.88. The van der Waals surface area contributed by atoms with E-state index in [1.165, 1.54) is 23.3 Å². The molecule has 0 fully saturated rings. The average molecular weight is 329 g/mol. The van der Waals surface area contributed by atoms with Crippen LogP contribution in [0.15, 0.2) is 53.4 Å². The summed E-state index contributed by atoms with van der Waals surface area (Å²) in [6.45, 7) is 0. The van der Waals surface area contributed by atoms with Crippen molar-refractivity contribution in [2.24, 2.45) is 0 Å². The van der Waals surface area contributed by atoms with Crippen LogP contribution in [0.4, 0.5) is 4.39 Å². The molecule has 0 spiro atoms. The fraction of sp³-hybridized carbons (Fsp3) is 0.316. The van der Waals surface area contributed by atoms with Crippen LogP contribution in [-0.4, -0.2) is 11.7 Å². The molecule has 2 aromatic rings. The third kappa shape index (κ3) is 4.35. The van der Waals surface area contributed by atoms with Gasteiger partial charge in [-0.25, -0.2) is 4.39 Å². The first-order valence-corrected chi connectivity index (χ1v) is 8.96. The molecule has 1 N–H and O–H groups in total. The highest BCUT2D eigenvalue weighted by atomic mass is 32.2. The molecule has 1 atom stereocenters. The third-order valence-corrected chi connectivity index (χ3v) is 5.13. The minimum Gasteiger partial charge on any atom is -0.349 e. The second kappa shape index (κ2) is 7.64. The molecule has 3 rings (SSSR count). The van der Waals surface area contributed by atoms with Gasteiger partial charge in [-0.2, -0.15) is 0 Å². The maximum absolute atomic E-state index is 12.8. The van der Waals surface area contributed by atoms with E-state index >= 15 is 0 Å². The highest BCUT2D eigenvalue weighted by Gasteiger charge is 2.20. The van der Waals surface area contributed by atoms with Crippen LogP contribution in [-0.2, 0) is 11.2 Å². The maximum atomic E-state index is 12.8. The summed E-state index contributed by atoms with van der Waals surface area (Å²) in [5.74, 6) is 0.552. The number of nitrogens with one attached hydrogen (secondary N) is 1. The quantitative estimate of drug-likeness (QED) is 0.818. The standard InChI is InChI=1S/C19H20FNOS/c20-15-8-10-16(11-9-15)23-13-12-19(22)21-18-7-3-5-14-4-1-2-6-17(14)18/h1-2,4,6,8-11,18H,3,5,7,12-13H2,(H,21,22)/t18-/m0/s1. The Morgan fingerprint density at radius 3 is 2.78 bits per heavy atom. The number of rotatable bonds is 5. The molecule has 1 aliphatic rings. The molecule has 0 bridgehead atoms. The molecule has 23 heavy (non-hydrogen) atoms. The van der Waals surface area contributed by atoms with E-state index in [9.17, 15) is 9.18 Å². The number of thioether (sulfide) groups is 1. The highest BCUT2D eigenvalue weighted by Crippen LogP contribution is 2.29. The first-order valence-electron chi connectivity index (χ1n) is 7.98. The van der Waals surface area contributed by atoms with Crippen molar-refractivity contribution < 1.29 is 9.18 Å². The molecule has 1 aliphatic carbocycles. The van der Waals surface area contributed by atoms with Gasteiger partial charge in [0.2, 0.25) is 5.91 Å². The zero-order valence-electron chi connectivity index (χ0n) is 12.9. The van der Waals surface area contributed by atoms with E-state index in [1.807, 2.05) is 6.07 Å². The van der Waals surface area contributed by atoms with Gasteiger partial charge in [0.05, 0.1) is 6.04 Å². The number of aryl methyl sites for hydroxylation is 1. The average Bonchev–Trinajstić information content (AvgIpc) is 2.57. The third-order valence-electron chi connectivity index (χ3n) is 4.12. The van der Waals surface area contributed by atoms with E-state index in [2.05, 4.69) is 23.5 Å². The molecule has 0 aromatic heterocycles. The van der Waals surface area contributed by atoms with Gasteiger partial charge in [-0.05, 0) is 54.7 Å². The van der Waals surface area contributed by atoms with Crippen LogP contribution in [0, 0.1) is 5.82 Å². The Balaban J connectivity index is 1.49. The molecule has 0 unspecified atom stereocenters. The minimum absolute atomic E-state index is 0.0846. The van der Waals surface area contributed by atoms with Crippen LogP contribution >= 0.6 is 11.8 Å². The number of carbonyl (C=O) groups excluding carboxylic acids is 1. The SMILES string of the molecule is O=C(CCSc1ccc(F)cc1)N[C@H]1CCCc2ccccc21. The van der Waals surface area contributed by atoms with Gasteiger partial charge < -0.3 is 5.32 Å². The number of carbonyl (C=O) groups is 1. The Morgan fingerprint density at radius 2 is 1.96 bits per heavy atom. The largest absolute Gasteiger partial charge is 0.349 e. The van der Waals surface area contributed by atoms with Crippen LogP contribution < -0.4 is 5.32 Å². The number of halogens is 1. The van der Waals surface area contributed by atoms with Crippen LogP contribution in [0.25, 0.3) is 0 Å². The van der Waals surface area contributed by atoms with Gasteiger partial charge in [-0.15, -0.1) is 11.8 Å². The van der Waals surface area contributed by atoms with Crippen molar-refractivity contribution in [2.75, 3.05) is 5.75 Å². The number of hydrogen-bond acceptors (Lipinski definition) is 2. The van der Waals surface area contributed by atoms with E-state index in [0.29, 0.717) is 12.2 Å². The summed E-state index contributed by atoms with van der Waals surface area (Å²) in [7, 11) is 0. The molecule has 1 amide bonds. The van der Waals surface area contributed by atoms with Gasteiger partial charge in [0.15, 0.2) is 0 Å². The van der Waals surface area contributed by atoms with E-state index in [-0.39, 0.29) is 17.8 Å². The molecule has 0 saturated carbocycles. The fourth-order valence-electron chi connectivity index (χ4n) is 2.96. The number of benzene rings is 2. The summed E-state index contributed by atoms with van der Waals surface area (Å²) in [6, 6.07) is 14.9. The molecule has 0 saturated heterocycles.